The molecule has 0 aliphatic carbocycles. The summed E-state index contributed by atoms with van der Waals surface area (Å²) in [4.78, 5) is 38.6. The van der Waals surface area contributed by atoms with Crippen LogP contribution >= 0.6 is 11.8 Å². The first-order valence-electron chi connectivity index (χ1n) is 12.5. The van der Waals surface area contributed by atoms with E-state index >= 15 is 0 Å². The summed E-state index contributed by atoms with van der Waals surface area (Å²) in [5.41, 5.74) is 4.73. The van der Waals surface area contributed by atoms with E-state index in [4.69, 9.17) is 9.72 Å². The maximum absolute atomic E-state index is 14.0. The monoisotopic (exact) mass is 509 g/mol. The van der Waals surface area contributed by atoms with Crippen molar-refractivity contribution in [1.29, 1.82) is 0 Å². The summed E-state index contributed by atoms with van der Waals surface area (Å²) < 4.78 is 6.06. The number of aromatic nitrogens is 1. The lowest BCUT2D eigenvalue weighted by atomic mass is 9.96. The van der Waals surface area contributed by atoms with Crippen LogP contribution in [0.3, 0.4) is 0 Å². The van der Waals surface area contributed by atoms with Gasteiger partial charge in [-0.05, 0) is 43.8 Å². The predicted molar refractivity (Wildman–Crippen MR) is 145 cm³/mol. The highest BCUT2D eigenvalue weighted by Gasteiger charge is 2.35. The van der Waals surface area contributed by atoms with Crippen molar-refractivity contribution in [2.24, 2.45) is 0 Å². The second-order valence-corrected chi connectivity index (χ2v) is 10.5. The molecule has 0 radical (unpaired) electrons. The lowest BCUT2D eigenvalue weighted by molar-refractivity contribution is -0.126. The molecule has 6 rings (SSSR count). The molecule has 3 aromatic carbocycles. The number of hydrogen-bond donors (Lipinski definition) is 0. The number of carbonyl (C=O) groups is 2. The van der Waals surface area contributed by atoms with Crippen molar-refractivity contribution in [2.75, 3.05) is 18.5 Å². The zero-order valence-electron chi connectivity index (χ0n) is 20.8. The van der Waals surface area contributed by atoms with Crippen LogP contribution in [-0.4, -0.2) is 41.5 Å². The molecule has 0 saturated carbocycles. The number of carbonyl (C=O) groups excluding carboxylic acids is 2. The predicted octanol–water partition coefficient (Wildman–Crippen LogP) is 5.99. The van der Waals surface area contributed by atoms with E-state index in [0.29, 0.717) is 18.5 Å². The molecule has 3 heterocycles. The Hall–Kier alpha value is -3.68. The topological polar surface area (TPSA) is 62.7 Å². The van der Waals surface area contributed by atoms with E-state index in [1.54, 1.807) is 16.7 Å². The van der Waals surface area contributed by atoms with Crippen LogP contribution in [0.5, 0.6) is 0 Å². The SMILES string of the molecule is CCC(OC(=O)c1c2c(nc3ccccc13)CCN(C)C2)C(=O)N1c2ccccc2Sc2ccccc21. The smallest absolute Gasteiger partial charge is 0.340 e. The van der Waals surface area contributed by atoms with Gasteiger partial charge in [-0.25, -0.2) is 4.79 Å². The Balaban J connectivity index is 1.39. The van der Waals surface area contributed by atoms with Gasteiger partial charge in [0, 0.05) is 45.9 Å². The van der Waals surface area contributed by atoms with Gasteiger partial charge in [0.2, 0.25) is 0 Å². The summed E-state index contributed by atoms with van der Waals surface area (Å²) in [6, 6.07) is 23.3. The number of para-hydroxylation sites is 3. The molecule has 1 aromatic heterocycles. The number of ether oxygens (including phenoxy) is 1. The van der Waals surface area contributed by atoms with Crippen molar-refractivity contribution in [3.05, 3.63) is 89.6 Å². The highest BCUT2D eigenvalue weighted by molar-refractivity contribution is 7.99. The number of rotatable bonds is 4. The molecular weight excluding hydrogens is 482 g/mol. The third kappa shape index (κ3) is 4.18. The normalized spacial score (nSPS) is 15.5. The van der Waals surface area contributed by atoms with Crippen LogP contribution in [0.1, 0.15) is 35.0 Å². The number of fused-ring (bicyclic) bond motifs is 4. The summed E-state index contributed by atoms with van der Waals surface area (Å²) in [6.07, 6.45) is 0.205. The maximum Gasteiger partial charge on any atom is 0.340 e. The Morgan fingerprint density at radius 1 is 0.973 bits per heavy atom. The average Bonchev–Trinajstić information content (AvgIpc) is 2.92. The van der Waals surface area contributed by atoms with E-state index < -0.39 is 12.1 Å². The molecule has 6 nitrogen and oxygen atoms in total. The van der Waals surface area contributed by atoms with Crippen LogP contribution in [0.15, 0.2) is 82.6 Å². The minimum absolute atomic E-state index is 0.250. The Bertz CT molecular complexity index is 1490. The highest BCUT2D eigenvalue weighted by atomic mass is 32.2. The molecule has 0 bridgehead atoms. The first-order valence-corrected chi connectivity index (χ1v) is 13.4. The van der Waals surface area contributed by atoms with Crippen molar-refractivity contribution in [2.45, 2.75) is 42.2 Å². The largest absolute Gasteiger partial charge is 0.449 e. The number of nitrogens with zero attached hydrogens (tertiary/aromatic N) is 3. The summed E-state index contributed by atoms with van der Waals surface area (Å²) >= 11 is 1.64. The van der Waals surface area contributed by atoms with Crippen molar-refractivity contribution in [3.63, 3.8) is 0 Å². The molecule has 1 amide bonds. The number of esters is 1. The lowest BCUT2D eigenvalue weighted by Crippen LogP contribution is -2.40. The zero-order valence-corrected chi connectivity index (χ0v) is 21.6. The zero-order chi connectivity index (χ0) is 25.5. The lowest BCUT2D eigenvalue weighted by Gasteiger charge is -2.33. The van der Waals surface area contributed by atoms with E-state index in [0.717, 1.165) is 56.3 Å². The number of benzene rings is 3. The van der Waals surface area contributed by atoms with Gasteiger partial charge in [-0.1, -0.05) is 61.2 Å². The maximum atomic E-state index is 14.0. The fourth-order valence-electron chi connectivity index (χ4n) is 5.14. The third-order valence-corrected chi connectivity index (χ3v) is 8.12. The molecule has 4 aromatic rings. The van der Waals surface area contributed by atoms with Crippen LogP contribution in [0.2, 0.25) is 0 Å². The van der Waals surface area contributed by atoms with Gasteiger partial charge in [0.15, 0.2) is 6.10 Å². The van der Waals surface area contributed by atoms with E-state index in [1.807, 2.05) is 86.8 Å². The van der Waals surface area contributed by atoms with Crippen molar-refractivity contribution in [1.82, 2.24) is 9.88 Å². The second-order valence-electron chi connectivity index (χ2n) is 9.43. The van der Waals surface area contributed by atoms with E-state index in [-0.39, 0.29) is 5.91 Å². The molecule has 2 aliphatic heterocycles. The summed E-state index contributed by atoms with van der Waals surface area (Å²) in [5.74, 6) is -0.723. The Morgan fingerprint density at radius 3 is 2.32 bits per heavy atom. The average molecular weight is 510 g/mol. The standard InChI is InChI=1S/C30H27N3O3S/c1-3-25(29(34)33-23-12-6-8-14-26(23)37-27-15-9-7-13-24(27)33)36-30(35)28-19-10-4-5-11-21(19)31-22-16-17-32(2)18-20(22)28/h4-15,25H,3,16-18H2,1-2H3. The van der Waals surface area contributed by atoms with Crippen LogP contribution < -0.4 is 4.90 Å². The minimum Gasteiger partial charge on any atom is -0.449 e. The number of likely N-dealkylation sites (N-methyl/N-ethyl adjacent to an activating group) is 1. The van der Waals surface area contributed by atoms with Gasteiger partial charge in [0.25, 0.3) is 5.91 Å². The fourth-order valence-corrected chi connectivity index (χ4v) is 6.20. The molecular formula is C30H27N3O3S. The van der Waals surface area contributed by atoms with Gasteiger partial charge in [-0.3, -0.25) is 14.7 Å². The van der Waals surface area contributed by atoms with Crippen LogP contribution in [0.25, 0.3) is 10.9 Å². The quantitative estimate of drug-likeness (QED) is 0.315. The molecule has 0 saturated heterocycles. The second kappa shape index (κ2) is 9.65. The molecule has 186 valence electrons. The van der Waals surface area contributed by atoms with E-state index in [1.165, 1.54) is 0 Å². The molecule has 1 unspecified atom stereocenters. The van der Waals surface area contributed by atoms with Crippen LogP contribution in [0, 0.1) is 0 Å². The van der Waals surface area contributed by atoms with Crippen LogP contribution in [-0.2, 0) is 22.5 Å². The Morgan fingerprint density at radius 2 is 1.62 bits per heavy atom. The van der Waals surface area contributed by atoms with Crippen molar-refractivity contribution >= 4 is 45.9 Å². The summed E-state index contributed by atoms with van der Waals surface area (Å²) in [5, 5.41) is 0.758. The number of pyridine rings is 1. The summed E-state index contributed by atoms with van der Waals surface area (Å²) in [6.45, 7) is 3.38. The van der Waals surface area contributed by atoms with E-state index in [9.17, 15) is 9.59 Å². The van der Waals surface area contributed by atoms with E-state index in [2.05, 4.69) is 4.90 Å². The molecule has 37 heavy (non-hydrogen) atoms. The number of amides is 1. The minimum atomic E-state index is -0.930. The molecule has 7 heteroatoms. The number of hydrogen-bond acceptors (Lipinski definition) is 6. The molecule has 2 aliphatic rings. The first kappa shape index (κ1) is 23.7. The first-order chi connectivity index (χ1) is 18.0. The number of anilines is 2. The summed E-state index contributed by atoms with van der Waals surface area (Å²) in [7, 11) is 2.04. The van der Waals surface area contributed by atoms with Gasteiger partial charge in [0.1, 0.15) is 0 Å². The van der Waals surface area contributed by atoms with Crippen molar-refractivity contribution < 1.29 is 14.3 Å². The molecule has 1 atom stereocenters. The van der Waals surface area contributed by atoms with Gasteiger partial charge < -0.3 is 9.64 Å². The molecule has 0 spiro atoms. The van der Waals surface area contributed by atoms with Gasteiger partial charge in [-0.15, -0.1) is 0 Å². The van der Waals surface area contributed by atoms with Gasteiger partial charge in [-0.2, -0.15) is 0 Å². The molecule has 0 N–H and O–H groups in total. The highest BCUT2D eigenvalue weighted by Crippen LogP contribution is 2.48. The Labute approximate surface area is 220 Å². The van der Waals surface area contributed by atoms with Gasteiger partial charge >= 0.3 is 5.97 Å². The van der Waals surface area contributed by atoms with Crippen LogP contribution in [0.4, 0.5) is 11.4 Å². The van der Waals surface area contributed by atoms with Gasteiger partial charge in [0.05, 0.1) is 22.5 Å². The fraction of sp³-hybridized carbons (Fsp3) is 0.233. The molecule has 0 fully saturated rings. The van der Waals surface area contributed by atoms with Crippen molar-refractivity contribution in [3.8, 4) is 0 Å². The third-order valence-electron chi connectivity index (χ3n) is 6.99. The Kier molecular flexibility index (Phi) is 6.18.